The van der Waals surface area contributed by atoms with Crippen molar-refractivity contribution in [3.05, 3.63) is 58.0 Å². The van der Waals surface area contributed by atoms with Crippen molar-refractivity contribution in [3.63, 3.8) is 0 Å². The highest BCUT2D eigenvalue weighted by molar-refractivity contribution is 5.94. The van der Waals surface area contributed by atoms with Crippen LogP contribution in [0, 0.1) is 21.4 Å². The number of carbonyl (C=O) groups excluding carboxylic acids is 1. The molecule has 2 aromatic rings. The summed E-state index contributed by atoms with van der Waals surface area (Å²) in [5.74, 6) is -0.147. The summed E-state index contributed by atoms with van der Waals surface area (Å²) in [5.41, 5.74) is 0.227. The fraction of sp³-hybridized carbons (Fsp3) is 0.294. The molecule has 2 heterocycles. The Morgan fingerprint density at radius 1 is 1.38 bits per heavy atom. The molecular formula is C17H15N5O4. The number of benzene rings is 1. The lowest BCUT2D eigenvalue weighted by Crippen LogP contribution is -2.44. The van der Waals surface area contributed by atoms with Crippen LogP contribution in [-0.2, 0) is 0 Å². The van der Waals surface area contributed by atoms with E-state index < -0.39 is 4.92 Å². The van der Waals surface area contributed by atoms with Crippen LogP contribution in [0.4, 0.5) is 5.69 Å². The Morgan fingerprint density at radius 2 is 2.19 bits per heavy atom. The first-order valence-corrected chi connectivity index (χ1v) is 8.00. The number of carbonyl (C=O) groups is 1. The zero-order chi connectivity index (χ0) is 18.5. The van der Waals surface area contributed by atoms with Gasteiger partial charge in [-0.2, -0.15) is 5.26 Å². The maximum absolute atomic E-state index is 12.7. The summed E-state index contributed by atoms with van der Waals surface area (Å²) in [6.45, 7) is 0.843. The summed E-state index contributed by atoms with van der Waals surface area (Å²) in [6.07, 6.45) is 3.94. The summed E-state index contributed by atoms with van der Waals surface area (Å²) in [4.78, 5) is 32.5. The molecule has 1 atom stereocenters. The van der Waals surface area contributed by atoms with Gasteiger partial charge in [0.05, 0.1) is 11.5 Å². The van der Waals surface area contributed by atoms with E-state index in [0.717, 1.165) is 0 Å². The third kappa shape index (κ3) is 3.75. The van der Waals surface area contributed by atoms with Crippen LogP contribution in [0.1, 0.15) is 28.9 Å². The van der Waals surface area contributed by atoms with Gasteiger partial charge in [-0.1, -0.05) is 6.07 Å². The lowest BCUT2D eigenvalue weighted by molar-refractivity contribution is -0.384. The Morgan fingerprint density at radius 3 is 2.96 bits per heavy atom. The maximum Gasteiger partial charge on any atom is 0.270 e. The molecule has 1 unspecified atom stereocenters. The molecule has 1 fully saturated rings. The number of rotatable bonds is 4. The fourth-order valence-electron chi connectivity index (χ4n) is 2.80. The number of amides is 1. The average Bonchev–Trinajstić information content (AvgIpc) is 2.68. The van der Waals surface area contributed by atoms with E-state index in [1.165, 1.54) is 30.6 Å². The van der Waals surface area contributed by atoms with E-state index in [4.69, 9.17) is 10.00 Å². The van der Waals surface area contributed by atoms with Crippen LogP contribution in [0.2, 0.25) is 0 Å². The molecule has 0 radical (unpaired) electrons. The highest BCUT2D eigenvalue weighted by atomic mass is 16.6. The highest BCUT2D eigenvalue weighted by Gasteiger charge is 2.27. The van der Waals surface area contributed by atoms with Crippen LogP contribution in [0.5, 0.6) is 5.88 Å². The van der Waals surface area contributed by atoms with Crippen LogP contribution in [0.25, 0.3) is 0 Å². The van der Waals surface area contributed by atoms with E-state index in [9.17, 15) is 14.9 Å². The topological polar surface area (TPSA) is 122 Å². The molecule has 132 valence electrons. The van der Waals surface area contributed by atoms with Crippen molar-refractivity contribution in [1.29, 1.82) is 5.26 Å². The van der Waals surface area contributed by atoms with Crippen LogP contribution >= 0.6 is 0 Å². The summed E-state index contributed by atoms with van der Waals surface area (Å²) in [5, 5.41) is 19.9. The number of non-ortho nitro benzene ring substituents is 1. The van der Waals surface area contributed by atoms with E-state index in [1.54, 1.807) is 11.0 Å². The number of hydrogen-bond acceptors (Lipinski definition) is 7. The van der Waals surface area contributed by atoms with Gasteiger partial charge >= 0.3 is 0 Å². The van der Waals surface area contributed by atoms with E-state index >= 15 is 0 Å². The van der Waals surface area contributed by atoms with Crippen molar-refractivity contribution in [3.8, 4) is 11.9 Å². The van der Waals surface area contributed by atoms with E-state index in [2.05, 4.69) is 9.97 Å². The van der Waals surface area contributed by atoms with Crippen molar-refractivity contribution in [2.45, 2.75) is 18.9 Å². The number of nitro groups is 1. The van der Waals surface area contributed by atoms with Gasteiger partial charge < -0.3 is 9.64 Å². The zero-order valence-electron chi connectivity index (χ0n) is 13.7. The minimum Gasteiger partial charge on any atom is -0.470 e. The van der Waals surface area contributed by atoms with Gasteiger partial charge in [-0.25, -0.2) is 9.97 Å². The van der Waals surface area contributed by atoms with Crippen LogP contribution in [0.15, 0.2) is 36.7 Å². The quantitative estimate of drug-likeness (QED) is 0.608. The lowest BCUT2D eigenvalue weighted by Gasteiger charge is -2.32. The second-order valence-electron chi connectivity index (χ2n) is 5.76. The second-order valence-corrected chi connectivity index (χ2v) is 5.76. The van der Waals surface area contributed by atoms with E-state index in [0.29, 0.717) is 25.9 Å². The monoisotopic (exact) mass is 353 g/mol. The van der Waals surface area contributed by atoms with E-state index in [-0.39, 0.29) is 34.8 Å². The largest absolute Gasteiger partial charge is 0.470 e. The molecule has 0 bridgehead atoms. The number of nitriles is 1. The summed E-state index contributed by atoms with van der Waals surface area (Å²) >= 11 is 0. The summed E-state index contributed by atoms with van der Waals surface area (Å²) in [7, 11) is 0. The van der Waals surface area contributed by atoms with E-state index in [1.807, 2.05) is 6.07 Å². The Balaban J connectivity index is 1.72. The number of piperidine rings is 1. The Kier molecular flexibility index (Phi) is 5.03. The molecule has 1 aliphatic rings. The molecule has 9 nitrogen and oxygen atoms in total. The number of nitrogens with zero attached hydrogens (tertiary/aromatic N) is 5. The number of hydrogen-bond donors (Lipinski definition) is 0. The van der Waals surface area contributed by atoms with Crippen LogP contribution in [-0.4, -0.2) is 44.9 Å². The van der Waals surface area contributed by atoms with Gasteiger partial charge in [0.25, 0.3) is 17.5 Å². The van der Waals surface area contributed by atoms with Crippen LogP contribution < -0.4 is 4.74 Å². The fourth-order valence-corrected chi connectivity index (χ4v) is 2.80. The third-order valence-electron chi connectivity index (χ3n) is 4.02. The van der Waals surface area contributed by atoms with Gasteiger partial charge in [0.1, 0.15) is 12.2 Å². The Hall–Kier alpha value is -3.54. The molecule has 9 heteroatoms. The van der Waals surface area contributed by atoms with Gasteiger partial charge in [0, 0.05) is 36.6 Å². The van der Waals surface area contributed by atoms with Crippen molar-refractivity contribution in [2.75, 3.05) is 13.1 Å². The molecule has 0 aliphatic carbocycles. The predicted octanol–water partition coefficient (Wildman–Crippen LogP) is 1.94. The first-order chi connectivity index (χ1) is 12.6. The first-order valence-electron chi connectivity index (χ1n) is 8.00. The standard InChI is InChI=1S/C17H15N5O4/c18-10-15-16(20-7-6-19-15)26-14-5-2-8-21(11-14)17(23)12-3-1-4-13(9-12)22(24)25/h1,3-4,6-7,9,14H,2,5,8,11H2. The molecule has 0 spiro atoms. The van der Waals surface area contributed by atoms with Gasteiger partial charge in [0.15, 0.2) is 0 Å². The second kappa shape index (κ2) is 7.57. The minimum atomic E-state index is -0.531. The van der Waals surface area contributed by atoms with Crippen LogP contribution in [0.3, 0.4) is 0 Å². The van der Waals surface area contributed by atoms with Crippen molar-refractivity contribution in [2.24, 2.45) is 0 Å². The smallest absolute Gasteiger partial charge is 0.270 e. The normalized spacial score (nSPS) is 16.6. The third-order valence-corrected chi connectivity index (χ3v) is 4.02. The number of ether oxygens (including phenoxy) is 1. The van der Waals surface area contributed by atoms with Gasteiger partial charge in [-0.05, 0) is 18.9 Å². The van der Waals surface area contributed by atoms with Gasteiger partial charge in [-0.3, -0.25) is 14.9 Å². The average molecular weight is 353 g/mol. The van der Waals surface area contributed by atoms with Gasteiger partial charge in [0.2, 0.25) is 5.69 Å². The first kappa shape index (κ1) is 17.3. The molecular weight excluding hydrogens is 338 g/mol. The molecule has 1 aromatic carbocycles. The molecule has 0 saturated carbocycles. The molecule has 1 aliphatic heterocycles. The highest BCUT2D eigenvalue weighted by Crippen LogP contribution is 2.21. The molecule has 0 N–H and O–H groups in total. The molecule has 26 heavy (non-hydrogen) atoms. The Labute approximate surface area is 149 Å². The summed E-state index contributed by atoms with van der Waals surface area (Å²) < 4.78 is 5.76. The number of aromatic nitrogens is 2. The zero-order valence-corrected chi connectivity index (χ0v) is 13.7. The predicted molar refractivity (Wildman–Crippen MR) is 89.4 cm³/mol. The van der Waals surface area contributed by atoms with Gasteiger partial charge in [-0.15, -0.1) is 0 Å². The lowest BCUT2D eigenvalue weighted by atomic mass is 10.1. The van der Waals surface area contributed by atoms with Crippen molar-refractivity contribution >= 4 is 11.6 Å². The number of nitro benzene ring substituents is 1. The number of likely N-dealkylation sites (tertiary alicyclic amines) is 1. The Bertz CT molecular complexity index is 879. The maximum atomic E-state index is 12.7. The SMILES string of the molecule is N#Cc1nccnc1OC1CCCN(C(=O)c2cccc([N+](=O)[O-])c2)C1. The minimum absolute atomic E-state index is 0.0923. The summed E-state index contributed by atoms with van der Waals surface area (Å²) in [6, 6.07) is 7.57. The molecule has 1 amide bonds. The van der Waals surface area contributed by atoms with Crippen molar-refractivity contribution in [1.82, 2.24) is 14.9 Å². The van der Waals surface area contributed by atoms with Crippen molar-refractivity contribution < 1.29 is 14.5 Å². The molecule has 1 aromatic heterocycles. The molecule has 1 saturated heterocycles. The molecule has 3 rings (SSSR count).